The van der Waals surface area contributed by atoms with E-state index in [1.165, 1.54) is 4.88 Å². The number of benzene rings is 1. The van der Waals surface area contributed by atoms with E-state index in [4.69, 9.17) is 9.72 Å². The zero-order valence-corrected chi connectivity index (χ0v) is 13.6. The van der Waals surface area contributed by atoms with Crippen LogP contribution in [-0.2, 0) is 4.74 Å². The molecular formula is C16H20N2O2S. The second kappa shape index (κ2) is 6.83. The lowest BCUT2D eigenvalue weighted by atomic mass is 10.1. The summed E-state index contributed by atoms with van der Waals surface area (Å²) in [7, 11) is 1.93. The molecule has 0 unspecified atom stereocenters. The van der Waals surface area contributed by atoms with Crippen molar-refractivity contribution >= 4 is 17.3 Å². The molecule has 112 valence electrons. The van der Waals surface area contributed by atoms with Crippen LogP contribution in [0.1, 0.15) is 40.1 Å². The van der Waals surface area contributed by atoms with Crippen LogP contribution in [0.3, 0.4) is 0 Å². The van der Waals surface area contributed by atoms with Crippen molar-refractivity contribution in [2.75, 3.05) is 13.7 Å². The molecule has 0 saturated carbocycles. The minimum Gasteiger partial charge on any atom is -0.462 e. The summed E-state index contributed by atoms with van der Waals surface area (Å²) in [5, 5.41) is 4.27. The van der Waals surface area contributed by atoms with E-state index in [9.17, 15) is 4.79 Å². The molecule has 0 bridgehead atoms. The Hall–Kier alpha value is -1.72. The quantitative estimate of drug-likeness (QED) is 0.858. The van der Waals surface area contributed by atoms with Gasteiger partial charge >= 0.3 is 5.97 Å². The van der Waals surface area contributed by atoms with Crippen molar-refractivity contribution in [3.05, 3.63) is 39.7 Å². The highest BCUT2D eigenvalue weighted by atomic mass is 32.1. The first-order valence-corrected chi connectivity index (χ1v) is 7.80. The van der Waals surface area contributed by atoms with Crippen LogP contribution in [0.25, 0.3) is 11.3 Å². The van der Waals surface area contributed by atoms with Crippen molar-refractivity contribution in [3.63, 3.8) is 0 Å². The Balaban J connectivity index is 2.26. The van der Waals surface area contributed by atoms with Crippen molar-refractivity contribution in [1.29, 1.82) is 0 Å². The van der Waals surface area contributed by atoms with Gasteiger partial charge in [0.15, 0.2) is 0 Å². The average molecular weight is 304 g/mol. The Labute approximate surface area is 129 Å². The lowest BCUT2D eigenvalue weighted by Crippen LogP contribution is -2.11. The fraction of sp³-hybridized carbons (Fsp3) is 0.375. The number of hydrogen-bond acceptors (Lipinski definition) is 5. The third-order valence-electron chi connectivity index (χ3n) is 3.29. The van der Waals surface area contributed by atoms with E-state index in [0.29, 0.717) is 12.2 Å². The molecule has 0 spiro atoms. The van der Waals surface area contributed by atoms with Gasteiger partial charge in [-0.15, -0.1) is 11.3 Å². The van der Waals surface area contributed by atoms with E-state index in [1.807, 2.05) is 19.2 Å². The first-order valence-electron chi connectivity index (χ1n) is 6.99. The van der Waals surface area contributed by atoms with E-state index in [-0.39, 0.29) is 12.0 Å². The molecule has 2 rings (SSSR count). The van der Waals surface area contributed by atoms with Crippen molar-refractivity contribution in [2.45, 2.75) is 26.8 Å². The molecule has 0 aliphatic heterocycles. The lowest BCUT2D eigenvalue weighted by molar-refractivity contribution is 0.0526. The van der Waals surface area contributed by atoms with Crippen molar-refractivity contribution in [1.82, 2.24) is 10.3 Å². The first kappa shape index (κ1) is 15.7. The summed E-state index contributed by atoms with van der Waals surface area (Å²) in [6.07, 6.45) is 0. The van der Waals surface area contributed by atoms with Crippen LogP contribution >= 0.6 is 11.3 Å². The Bertz CT molecular complexity index is 620. The SMILES string of the molecule is CCOC(=O)c1ccc(-c2nc([C@H](C)NC)sc2C)cc1. The standard InChI is InChI=1S/C16H20N2O2S/c1-5-20-16(19)13-8-6-12(7-9-13)14-11(3)21-15(18-14)10(2)17-4/h6-10,17H,5H2,1-4H3/t10-/m0/s1. The molecule has 0 saturated heterocycles. The number of nitrogens with zero attached hydrogens (tertiary/aromatic N) is 1. The maximum Gasteiger partial charge on any atom is 0.338 e. The number of esters is 1. The summed E-state index contributed by atoms with van der Waals surface area (Å²) in [6, 6.07) is 7.64. The molecule has 0 aliphatic rings. The number of hydrogen-bond donors (Lipinski definition) is 1. The van der Waals surface area contributed by atoms with E-state index in [1.54, 1.807) is 30.4 Å². The molecule has 0 amide bonds. The second-order valence-corrected chi connectivity index (χ2v) is 6.00. The van der Waals surface area contributed by atoms with Crippen LogP contribution in [0.5, 0.6) is 0 Å². The van der Waals surface area contributed by atoms with Gasteiger partial charge in [-0.1, -0.05) is 12.1 Å². The smallest absolute Gasteiger partial charge is 0.338 e. The molecule has 5 heteroatoms. The molecule has 21 heavy (non-hydrogen) atoms. The van der Waals surface area contributed by atoms with Gasteiger partial charge in [0.2, 0.25) is 0 Å². The number of ether oxygens (including phenoxy) is 1. The molecule has 1 aromatic carbocycles. The van der Waals surface area contributed by atoms with Crippen molar-refractivity contribution in [2.24, 2.45) is 0 Å². The molecule has 2 aromatic rings. The van der Waals surface area contributed by atoms with Crippen LogP contribution in [0.2, 0.25) is 0 Å². The van der Waals surface area contributed by atoms with Crippen molar-refractivity contribution in [3.8, 4) is 11.3 Å². The predicted octanol–water partition coefficient (Wildman–Crippen LogP) is 3.58. The highest BCUT2D eigenvalue weighted by Gasteiger charge is 2.14. The second-order valence-electron chi connectivity index (χ2n) is 4.77. The lowest BCUT2D eigenvalue weighted by Gasteiger charge is -2.05. The zero-order valence-electron chi connectivity index (χ0n) is 12.8. The Kier molecular flexibility index (Phi) is 5.09. The fourth-order valence-corrected chi connectivity index (χ4v) is 2.98. The normalized spacial score (nSPS) is 12.2. The van der Waals surface area contributed by atoms with Gasteiger partial charge in [-0.25, -0.2) is 9.78 Å². The molecule has 1 aromatic heterocycles. The van der Waals surface area contributed by atoms with Crippen LogP contribution < -0.4 is 5.32 Å². The number of nitrogens with one attached hydrogen (secondary N) is 1. The Morgan fingerprint density at radius 3 is 2.62 bits per heavy atom. The maximum absolute atomic E-state index is 11.6. The third kappa shape index (κ3) is 3.49. The molecule has 4 nitrogen and oxygen atoms in total. The van der Waals surface area contributed by atoms with Gasteiger partial charge in [0.1, 0.15) is 5.01 Å². The summed E-state index contributed by atoms with van der Waals surface area (Å²) in [6.45, 7) is 6.34. The van der Waals surface area contributed by atoms with E-state index in [0.717, 1.165) is 16.3 Å². The molecule has 0 radical (unpaired) electrons. The number of aromatic nitrogens is 1. The van der Waals surface area contributed by atoms with Gasteiger partial charge in [-0.2, -0.15) is 0 Å². The number of rotatable bonds is 5. The predicted molar refractivity (Wildman–Crippen MR) is 85.7 cm³/mol. The molecule has 1 heterocycles. The summed E-state index contributed by atoms with van der Waals surface area (Å²) in [4.78, 5) is 17.5. The topological polar surface area (TPSA) is 51.2 Å². The van der Waals surface area contributed by atoms with Gasteiger partial charge in [-0.05, 0) is 40.0 Å². The van der Waals surface area contributed by atoms with E-state index in [2.05, 4.69) is 19.2 Å². The molecule has 0 aliphatic carbocycles. The van der Waals surface area contributed by atoms with Gasteiger partial charge in [0.25, 0.3) is 0 Å². The monoisotopic (exact) mass is 304 g/mol. The third-order valence-corrected chi connectivity index (χ3v) is 4.44. The fourth-order valence-electron chi connectivity index (χ4n) is 1.97. The van der Waals surface area contributed by atoms with Crippen LogP contribution in [-0.4, -0.2) is 24.6 Å². The van der Waals surface area contributed by atoms with Gasteiger partial charge in [0.05, 0.1) is 23.9 Å². The van der Waals surface area contributed by atoms with Crippen LogP contribution in [0.4, 0.5) is 0 Å². The Morgan fingerprint density at radius 1 is 1.38 bits per heavy atom. The van der Waals surface area contributed by atoms with Crippen LogP contribution in [0, 0.1) is 6.92 Å². The summed E-state index contributed by atoms with van der Waals surface area (Å²) >= 11 is 1.70. The Morgan fingerprint density at radius 2 is 2.05 bits per heavy atom. The van der Waals surface area contributed by atoms with Crippen LogP contribution in [0.15, 0.2) is 24.3 Å². The first-order chi connectivity index (χ1) is 10.1. The zero-order chi connectivity index (χ0) is 15.4. The number of carbonyl (C=O) groups is 1. The largest absolute Gasteiger partial charge is 0.462 e. The molecule has 0 fully saturated rings. The summed E-state index contributed by atoms with van der Waals surface area (Å²) in [5.74, 6) is -0.288. The number of thiazole rings is 1. The van der Waals surface area contributed by atoms with E-state index >= 15 is 0 Å². The average Bonchev–Trinajstić information content (AvgIpc) is 2.89. The van der Waals surface area contributed by atoms with E-state index < -0.39 is 0 Å². The van der Waals surface area contributed by atoms with Gasteiger partial charge < -0.3 is 10.1 Å². The maximum atomic E-state index is 11.6. The highest BCUT2D eigenvalue weighted by molar-refractivity contribution is 7.12. The molecule has 1 N–H and O–H groups in total. The number of aryl methyl sites for hydroxylation is 1. The molecule has 1 atom stereocenters. The van der Waals surface area contributed by atoms with Crippen molar-refractivity contribution < 1.29 is 9.53 Å². The molecular weight excluding hydrogens is 284 g/mol. The highest BCUT2D eigenvalue weighted by Crippen LogP contribution is 2.30. The summed E-state index contributed by atoms with van der Waals surface area (Å²) < 4.78 is 4.99. The number of carbonyl (C=O) groups excluding carboxylic acids is 1. The summed E-state index contributed by atoms with van der Waals surface area (Å²) in [5.41, 5.74) is 2.57. The minimum atomic E-state index is -0.288. The minimum absolute atomic E-state index is 0.237. The van der Waals surface area contributed by atoms with Gasteiger partial charge in [0, 0.05) is 10.4 Å². The van der Waals surface area contributed by atoms with Gasteiger partial charge in [-0.3, -0.25) is 0 Å².